The Morgan fingerprint density at radius 2 is 1.82 bits per heavy atom. The standard InChI is InChI=1S/C27H39FN8O3/c1-8-21-25(35(5)6)33-24(22(32-21)23(29)37)31-19-11-9-10-18(16-19)12-14-30-26(38)17(2)36(7)27(39)20(28)13-15-34(3)4/h9-11,13,16-17H,8,12,14-15H2,1-7H3,(H2,29,37)(H,30,38)(H,31,33)/b20-13-/t17-/m0/s1. The average molecular weight is 543 g/mol. The summed E-state index contributed by atoms with van der Waals surface area (Å²) in [7, 11) is 8.61. The fourth-order valence-electron chi connectivity index (χ4n) is 3.60. The lowest BCUT2D eigenvalue weighted by Gasteiger charge is -2.23. The van der Waals surface area contributed by atoms with Crippen molar-refractivity contribution in [2.24, 2.45) is 5.73 Å². The van der Waals surface area contributed by atoms with Gasteiger partial charge in [0.15, 0.2) is 23.2 Å². The maximum absolute atomic E-state index is 14.1. The van der Waals surface area contributed by atoms with Crippen LogP contribution in [0.4, 0.5) is 21.7 Å². The molecule has 4 N–H and O–H groups in total. The van der Waals surface area contributed by atoms with Crippen LogP contribution < -0.4 is 21.3 Å². The molecule has 3 amide bonds. The third-order valence-corrected chi connectivity index (χ3v) is 5.96. The summed E-state index contributed by atoms with van der Waals surface area (Å²) in [6, 6.07) is 6.56. The Morgan fingerprint density at radius 3 is 2.41 bits per heavy atom. The van der Waals surface area contributed by atoms with Gasteiger partial charge in [-0.15, -0.1) is 0 Å². The number of carbonyl (C=O) groups is 3. The van der Waals surface area contributed by atoms with Crippen LogP contribution in [-0.4, -0.2) is 91.9 Å². The Balaban J connectivity index is 2.05. The SMILES string of the molecule is CCc1nc(C(N)=O)c(Nc2cccc(CCNC(=O)[C@H](C)N(C)C(=O)/C(F)=C/CN(C)C)c2)nc1N(C)C. The molecule has 0 saturated heterocycles. The summed E-state index contributed by atoms with van der Waals surface area (Å²) in [6.07, 6.45) is 2.27. The van der Waals surface area contributed by atoms with E-state index in [1.165, 1.54) is 13.1 Å². The number of hydrogen-bond donors (Lipinski definition) is 3. The number of likely N-dealkylation sites (N-methyl/N-ethyl adjacent to an activating group) is 2. The molecule has 0 aliphatic rings. The van der Waals surface area contributed by atoms with Crippen LogP contribution in [0.1, 0.15) is 35.6 Å². The van der Waals surface area contributed by atoms with Crippen LogP contribution in [0.5, 0.6) is 0 Å². The predicted octanol–water partition coefficient (Wildman–Crippen LogP) is 1.87. The number of benzene rings is 1. The van der Waals surface area contributed by atoms with Gasteiger partial charge in [0, 0.05) is 39.9 Å². The number of primary amides is 1. The molecule has 0 aliphatic heterocycles. The van der Waals surface area contributed by atoms with Crippen molar-refractivity contribution in [2.75, 3.05) is 58.5 Å². The number of nitrogens with zero attached hydrogens (tertiary/aromatic N) is 5. The summed E-state index contributed by atoms with van der Waals surface area (Å²) in [4.78, 5) is 50.5. The molecule has 0 spiro atoms. The third kappa shape index (κ3) is 8.74. The van der Waals surface area contributed by atoms with Gasteiger partial charge in [-0.3, -0.25) is 14.4 Å². The van der Waals surface area contributed by atoms with Gasteiger partial charge < -0.3 is 31.1 Å². The quantitative estimate of drug-likeness (QED) is 0.326. The smallest absolute Gasteiger partial charge is 0.282 e. The van der Waals surface area contributed by atoms with Crippen LogP contribution in [0.2, 0.25) is 0 Å². The highest BCUT2D eigenvalue weighted by atomic mass is 19.1. The molecule has 1 heterocycles. The fraction of sp³-hybridized carbons (Fsp3) is 0.444. The molecule has 0 aliphatic carbocycles. The molecule has 1 aromatic heterocycles. The Kier molecular flexibility index (Phi) is 11.3. The number of aryl methyl sites for hydroxylation is 1. The number of anilines is 3. The first-order valence-electron chi connectivity index (χ1n) is 12.6. The lowest BCUT2D eigenvalue weighted by Crippen LogP contribution is -2.46. The predicted molar refractivity (Wildman–Crippen MR) is 151 cm³/mol. The van der Waals surface area contributed by atoms with E-state index in [4.69, 9.17) is 5.73 Å². The highest BCUT2D eigenvalue weighted by Gasteiger charge is 2.25. The Morgan fingerprint density at radius 1 is 1.13 bits per heavy atom. The third-order valence-electron chi connectivity index (χ3n) is 5.96. The van der Waals surface area contributed by atoms with Crippen molar-refractivity contribution in [3.05, 3.63) is 53.1 Å². The van der Waals surface area contributed by atoms with Crippen LogP contribution in [0, 0.1) is 0 Å². The van der Waals surface area contributed by atoms with Crippen molar-refractivity contribution in [3.8, 4) is 0 Å². The Bertz CT molecular complexity index is 1220. The molecule has 1 atom stereocenters. The Labute approximate surface area is 229 Å². The molecule has 2 aromatic rings. The molecule has 12 heteroatoms. The summed E-state index contributed by atoms with van der Waals surface area (Å²) in [5.74, 6) is -1.94. The van der Waals surface area contributed by atoms with Crippen LogP contribution in [0.25, 0.3) is 0 Å². The molecule has 0 bridgehead atoms. The lowest BCUT2D eigenvalue weighted by molar-refractivity contribution is -0.136. The number of rotatable bonds is 13. The summed E-state index contributed by atoms with van der Waals surface area (Å²) >= 11 is 0. The summed E-state index contributed by atoms with van der Waals surface area (Å²) < 4.78 is 14.1. The minimum absolute atomic E-state index is 0.0516. The number of carbonyl (C=O) groups excluding carboxylic acids is 3. The molecule has 0 saturated carbocycles. The number of aromatic nitrogens is 2. The van der Waals surface area contributed by atoms with Gasteiger partial charge in [-0.2, -0.15) is 0 Å². The van der Waals surface area contributed by atoms with E-state index in [9.17, 15) is 18.8 Å². The highest BCUT2D eigenvalue weighted by molar-refractivity contribution is 5.97. The zero-order valence-corrected chi connectivity index (χ0v) is 23.7. The van der Waals surface area contributed by atoms with Gasteiger partial charge in [0.1, 0.15) is 6.04 Å². The van der Waals surface area contributed by atoms with Crippen LogP contribution in [0.3, 0.4) is 0 Å². The van der Waals surface area contributed by atoms with E-state index >= 15 is 0 Å². The van der Waals surface area contributed by atoms with E-state index in [1.54, 1.807) is 25.9 Å². The topological polar surface area (TPSA) is 137 Å². The van der Waals surface area contributed by atoms with E-state index < -0.39 is 29.6 Å². The second-order valence-electron chi connectivity index (χ2n) is 9.58. The summed E-state index contributed by atoms with van der Waals surface area (Å²) in [5.41, 5.74) is 7.85. The molecule has 212 valence electrons. The van der Waals surface area contributed by atoms with Gasteiger partial charge in [0.05, 0.1) is 5.69 Å². The fourth-order valence-corrected chi connectivity index (χ4v) is 3.60. The molecule has 2 rings (SSSR count). The maximum atomic E-state index is 14.1. The van der Waals surface area contributed by atoms with E-state index in [1.807, 2.05) is 50.2 Å². The van der Waals surface area contributed by atoms with Crippen molar-refractivity contribution in [1.82, 2.24) is 25.1 Å². The van der Waals surface area contributed by atoms with E-state index in [0.717, 1.165) is 10.5 Å². The zero-order valence-electron chi connectivity index (χ0n) is 23.7. The van der Waals surface area contributed by atoms with Crippen LogP contribution in [0.15, 0.2) is 36.2 Å². The first-order chi connectivity index (χ1) is 18.3. The lowest BCUT2D eigenvalue weighted by atomic mass is 10.1. The van der Waals surface area contributed by atoms with Crippen molar-refractivity contribution in [1.29, 1.82) is 0 Å². The molecule has 11 nitrogen and oxygen atoms in total. The molecule has 39 heavy (non-hydrogen) atoms. The number of amides is 3. The second kappa shape index (κ2) is 14.2. The molecule has 0 unspecified atom stereocenters. The largest absolute Gasteiger partial charge is 0.364 e. The molecular formula is C27H39FN8O3. The number of nitrogens with one attached hydrogen (secondary N) is 2. The van der Waals surface area contributed by atoms with E-state index in [0.29, 0.717) is 36.6 Å². The van der Waals surface area contributed by atoms with Crippen LogP contribution >= 0.6 is 0 Å². The first kappa shape index (κ1) is 31.2. The van der Waals surface area contributed by atoms with Gasteiger partial charge in [-0.05, 0) is 57.6 Å². The molecule has 1 aromatic carbocycles. The normalized spacial score (nSPS) is 12.2. The monoisotopic (exact) mass is 542 g/mol. The minimum atomic E-state index is -0.901. The van der Waals surface area contributed by atoms with Crippen LogP contribution in [-0.2, 0) is 22.4 Å². The minimum Gasteiger partial charge on any atom is -0.364 e. The summed E-state index contributed by atoms with van der Waals surface area (Å²) in [6.45, 7) is 4.04. The van der Waals surface area contributed by atoms with Gasteiger partial charge in [-0.25, -0.2) is 14.4 Å². The number of hydrogen-bond acceptors (Lipinski definition) is 8. The van der Waals surface area contributed by atoms with Crippen molar-refractivity contribution >= 4 is 35.0 Å². The second-order valence-corrected chi connectivity index (χ2v) is 9.58. The van der Waals surface area contributed by atoms with E-state index in [-0.39, 0.29) is 18.1 Å². The summed E-state index contributed by atoms with van der Waals surface area (Å²) in [5, 5.41) is 5.93. The van der Waals surface area contributed by atoms with Gasteiger partial charge >= 0.3 is 0 Å². The molecule has 0 radical (unpaired) electrons. The zero-order chi connectivity index (χ0) is 29.3. The average Bonchev–Trinajstić information content (AvgIpc) is 2.90. The van der Waals surface area contributed by atoms with E-state index in [2.05, 4.69) is 20.6 Å². The van der Waals surface area contributed by atoms with Gasteiger partial charge in [-0.1, -0.05) is 19.1 Å². The van der Waals surface area contributed by atoms with Crippen molar-refractivity contribution in [3.63, 3.8) is 0 Å². The van der Waals surface area contributed by atoms with Crippen molar-refractivity contribution < 1.29 is 18.8 Å². The number of nitrogens with two attached hydrogens (primary N) is 1. The molecular weight excluding hydrogens is 503 g/mol. The van der Waals surface area contributed by atoms with Crippen molar-refractivity contribution in [2.45, 2.75) is 32.7 Å². The number of halogens is 1. The van der Waals surface area contributed by atoms with Gasteiger partial charge in [0.25, 0.3) is 11.8 Å². The molecule has 0 fully saturated rings. The first-order valence-corrected chi connectivity index (χ1v) is 12.6. The Hall–Kier alpha value is -4.06. The maximum Gasteiger partial charge on any atom is 0.282 e. The highest BCUT2D eigenvalue weighted by Crippen LogP contribution is 2.24. The van der Waals surface area contributed by atoms with Gasteiger partial charge in [0.2, 0.25) is 5.91 Å².